The number of aromatic hydroxyl groups is 1. The Balaban J connectivity index is 0.000000171. The number of Topliss-reactive ketones (excluding diaryl/α,β-unsaturated/α-hetero) is 1. The SMILES string of the molecule is CC(C)CC1NC2(c3ccccc3-n3c2nc2ccccc2c3=O)[C@H]2C(=O)N(c3cccc(Br)c3)C(=O)[C@@H]12.O=C1C(c2c(O)[nH]c3ccccc23)=Nc2ccccc21. The molecule has 286 valence electrons. The lowest BCUT2D eigenvalue weighted by molar-refractivity contribution is -0.123. The van der Waals surface area contributed by atoms with Gasteiger partial charge in [0.05, 0.1) is 45.4 Å². The minimum atomic E-state index is -1.11. The van der Waals surface area contributed by atoms with Crippen LogP contribution in [0.1, 0.15) is 47.6 Å². The van der Waals surface area contributed by atoms with Crippen LogP contribution >= 0.6 is 15.9 Å². The van der Waals surface area contributed by atoms with Crippen molar-refractivity contribution in [2.45, 2.75) is 31.8 Å². The maximum Gasteiger partial charge on any atom is 0.266 e. The van der Waals surface area contributed by atoms with Crippen molar-refractivity contribution in [2.24, 2.45) is 22.7 Å². The van der Waals surface area contributed by atoms with E-state index in [4.69, 9.17) is 4.98 Å². The average molecular weight is 832 g/mol. The molecule has 2 amide bonds. The Bertz CT molecular complexity index is 3010. The van der Waals surface area contributed by atoms with Crippen LogP contribution in [-0.2, 0) is 15.1 Å². The van der Waals surface area contributed by atoms with Gasteiger partial charge in [0.15, 0.2) is 5.88 Å². The summed E-state index contributed by atoms with van der Waals surface area (Å²) in [7, 11) is 0. The Morgan fingerprint density at radius 1 is 0.828 bits per heavy atom. The fourth-order valence-corrected chi connectivity index (χ4v) is 9.79. The zero-order valence-electron chi connectivity index (χ0n) is 31.3. The summed E-state index contributed by atoms with van der Waals surface area (Å²) in [6.45, 7) is 4.23. The number of imide groups is 1. The summed E-state index contributed by atoms with van der Waals surface area (Å²) < 4.78 is 2.43. The number of aromatic nitrogens is 3. The molecule has 0 saturated carbocycles. The van der Waals surface area contributed by atoms with Crippen LogP contribution in [0.15, 0.2) is 136 Å². The monoisotopic (exact) mass is 830 g/mol. The molecule has 0 bridgehead atoms. The third-order valence-corrected chi connectivity index (χ3v) is 12.2. The van der Waals surface area contributed by atoms with Crippen molar-refractivity contribution in [1.82, 2.24) is 19.9 Å². The number of H-pyrrole nitrogens is 1. The summed E-state index contributed by atoms with van der Waals surface area (Å²) in [6, 6.07) is 36.6. The zero-order chi connectivity index (χ0) is 40.0. The van der Waals surface area contributed by atoms with Gasteiger partial charge in [0.2, 0.25) is 17.6 Å². The summed E-state index contributed by atoms with van der Waals surface area (Å²) in [4.78, 5) is 68.4. The van der Waals surface area contributed by atoms with Crippen LogP contribution < -0.4 is 15.8 Å². The van der Waals surface area contributed by atoms with E-state index in [0.717, 1.165) is 20.9 Å². The molecule has 4 aliphatic rings. The number of anilines is 1. The lowest BCUT2D eigenvalue weighted by Gasteiger charge is -2.32. The summed E-state index contributed by atoms with van der Waals surface area (Å²) in [6.07, 6.45) is 0.703. The first kappa shape index (κ1) is 35.9. The van der Waals surface area contributed by atoms with Crippen molar-refractivity contribution < 1.29 is 19.5 Å². The summed E-state index contributed by atoms with van der Waals surface area (Å²) in [5.74, 6) is -1.25. The van der Waals surface area contributed by atoms with E-state index in [2.05, 4.69) is 45.1 Å². The van der Waals surface area contributed by atoms with Crippen LogP contribution in [-0.4, -0.2) is 49.0 Å². The number of fused-ring (bicyclic) bond motifs is 10. The van der Waals surface area contributed by atoms with E-state index in [1.807, 2.05) is 91.0 Å². The van der Waals surface area contributed by atoms with E-state index in [0.29, 0.717) is 57.0 Å². The fraction of sp³-hybridized carbons (Fsp3) is 0.174. The number of nitrogens with one attached hydrogen (secondary N) is 2. The number of ketones is 1. The van der Waals surface area contributed by atoms with Gasteiger partial charge in [-0.1, -0.05) is 96.5 Å². The van der Waals surface area contributed by atoms with Crippen molar-refractivity contribution in [3.63, 3.8) is 0 Å². The molecule has 2 aromatic heterocycles. The van der Waals surface area contributed by atoms with Crippen LogP contribution in [0.4, 0.5) is 11.4 Å². The molecule has 4 aliphatic heterocycles. The third-order valence-electron chi connectivity index (χ3n) is 11.7. The van der Waals surface area contributed by atoms with E-state index >= 15 is 0 Å². The number of amides is 2. The summed E-state index contributed by atoms with van der Waals surface area (Å²) >= 11 is 3.48. The number of halogens is 1. The second-order valence-electron chi connectivity index (χ2n) is 15.5. The Morgan fingerprint density at radius 3 is 2.34 bits per heavy atom. The van der Waals surface area contributed by atoms with Gasteiger partial charge in [-0.05, 0) is 66.9 Å². The van der Waals surface area contributed by atoms with Gasteiger partial charge in [0.1, 0.15) is 17.1 Å². The first-order chi connectivity index (χ1) is 28.1. The highest BCUT2D eigenvalue weighted by Gasteiger charge is 2.69. The van der Waals surface area contributed by atoms with E-state index in [9.17, 15) is 24.3 Å². The molecular formula is C46H35BrN6O5. The number of benzene rings is 5. The number of hydrogen-bond donors (Lipinski definition) is 3. The first-order valence-corrected chi connectivity index (χ1v) is 19.9. The van der Waals surface area contributed by atoms with Crippen LogP contribution in [0, 0.1) is 17.8 Å². The summed E-state index contributed by atoms with van der Waals surface area (Å²) in [5, 5.41) is 15.2. The highest BCUT2D eigenvalue weighted by atomic mass is 79.9. The molecule has 3 N–H and O–H groups in total. The molecule has 11 nitrogen and oxygen atoms in total. The van der Waals surface area contributed by atoms with E-state index < -0.39 is 17.4 Å². The number of aliphatic imine (C=N–C) groups is 1. The van der Waals surface area contributed by atoms with Gasteiger partial charge in [0, 0.05) is 32.5 Å². The predicted molar refractivity (Wildman–Crippen MR) is 225 cm³/mol. The van der Waals surface area contributed by atoms with Crippen molar-refractivity contribution in [2.75, 3.05) is 4.90 Å². The maximum atomic E-state index is 14.4. The van der Waals surface area contributed by atoms with E-state index in [1.165, 1.54) is 4.90 Å². The third kappa shape index (κ3) is 5.14. The maximum absolute atomic E-state index is 14.4. The highest BCUT2D eigenvalue weighted by molar-refractivity contribution is 9.10. The lowest BCUT2D eigenvalue weighted by atomic mass is 9.75. The molecule has 6 heterocycles. The molecule has 2 unspecified atom stereocenters. The van der Waals surface area contributed by atoms with Gasteiger partial charge in [-0.25, -0.2) is 14.9 Å². The van der Waals surface area contributed by atoms with Crippen LogP contribution in [0.25, 0.3) is 27.5 Å². The van der Waals surface area contributed by atoms with Crippen molar-refractivity contribution in [3.8, 4) is 11.6 Å². The zero-order valence-corrected chi connectivity index (χ0v) is 32.9. The van der Waals surface area contributed by atoms with Crippen LogP contribution in [0.3, 0.4) is 0 Å². The van der Waals surface area contributed by atoms with E-state index in [-0.39, 0.29) is 41.0 Å². The minimum absolute atomic E-state index is 0.0221. The molecule has 12 heteroatoms. The summed E-state index contributed by atoms with van der Waals surface area (Å²) in [5.41, 5.74) is 4.10. The quantitative estimate of drug-likeness (QED) is 0.154. The molecule has 7 aromatic rings. The molecule has 58 heavy (non-hydrogen) atoms. The number of rotatable bonds is 4. The number of aromatic amines is 1. The molecule has 1 spiro atoms. The van der Waals surface area contributed by atoms with Gasteiger partial charge in [-0.3, -0.25) is 29.1 Å². The first-order valence-electron chi connectivity index (χ1n) is 19.1. The van der Waals surface area contributed by atoms with Crippen LogP contribution in [0.2, 0.25) is 0 Å². The number of carbonyl (C=O) groups is 3. The molecular weight excluding hydrogens is 796 g/mol. The molecule has 2 fully saturated rings. The lowest BCUT2D eigenvalue weighted by Crippen LogP contribution is -2.50. The Kier molecular flexibility index (Phi) is 8.22. The molecule has 0 radical (unpaired) electrons. The highest BCUT2D eigenvalue weighted by Crippen LogP contribution is 2.56. The van der Waals surface area contributed by atoms with Crippen molar-refractivity contribution in [3.05, 3.63) is 159 Å². The van der Waals surface area contributed by atoms with Crippen LogP contribution in [0.5, 0.6) is 5.88 Å². The minimum Gasteiger partial charge on any atom is -0.494 e. The van der Waals surface area contributed by atoms with Gasteiger partial charge < -0.3 is 10.1 Å². The normalized spacial score (nSPS) is 21.4. The number of carbonyl (C=O) groups excluding carboxylic acids is 3. The Hall–Kier alpha value is -6.50. The number of hydrogen-bond acceptors (Lipinski definition) is 8. The molecule has 11 rings (SSSR count). The number of nitrogens with zero attached hydrogens (tertiary/aromatic N) is 4. The topological polar surface area (TPSA) is 150 Å². The van der Waals surface area contributed by atoms with Gasteiger partial charge in [0.25, 0.3) is 5.56 Å². The number of para-hydroxylation sites is 4. The Labute approximate surface area is 340 Å². The predicted octanol–water partition coefficient (Wildman–Crippen LogP) is 7.72. The molecule has 4 atom stereocenters. The van der Waals surface area contributed by atoms with E-state index in [1.54, 1.807) is 34.9 Å². The van der Waals surface area contributed by atoms with Gasteiger partial charge in [-0.2, -0.15) is 0 Å². The van der Waals surface area contributed by atoms with Gasteiger partial charge in [-0.15, -0.1) is 0 Å². The molecule has 5 aromatic carbocycles. The standard InChI is InChI=1S/C30H25BrN4O3.C16H10N2O2/c1-16(2)14-22-24-25(28(38)34(27(24)37)18-9-7-8-17(31)15-18)30(33-22)20-11-4-6-13-23(20)35-26(36)19-10-3-5-12-21(19)32-29(30)35;19-15-10-6-2-4-8-12(10)17-14(15)13-9-5-1-3-7-11(9)18-16(13)20/h3-13,15-16,22,24-25,33H,14H2,1-2H3;1-8,18,20H/t22?,24-,25+,30?;/m0./s1. The average Bonchev–Trinajstić information content (AvgIpc) is 3.97. The largest absolute Gasteiger partial charge is 0.494 e. The molecule has 0 aliphatic carbocycles. The van der Waals surface area contributed by atoms with Crippen molar-refractivity contribution >= 4 is 72.4 Å². The smallest absolute Gasteiger partial charge is 0.266 e. The Morgan fingerprint density at radius 2 is 1.55 bits per heavy atom. The second kappa shape index (κ2) is 13.3. The second-order valence-corrected chi connectivity index (χ2v) is 16.4. The van der Waals surface area contributed by atoms with Gasteiger partial charge >= 0.3 is 0 Å². The fourth-order valence-electron chi connectivity index (χ4n) is 9.40. The van der Waals surface area contributed by atoms with Crippen molar-refractivity contribution in [1.29, 1.82) is 0 Å². The molecule has 2 saturated heterocycles.